The Morgan fingerprint density at radius 3 is 2.42 bits per heavy atom. The molecule has 0 fully saturated rings. The van der Waals surface area contributed by atoms with Crippen molar-refractivity contribution in [2.24, 2.45) is 5.10 Å². The minimum atomic E-state index is -4.57. The summed E-state index contributed by atoms with van der Waals surface area (Å²) in [5, 5.41) is 6.01. The fourth-order valence-electron chi connectivity index (χ4n) is 2.39. The Morgan fingerprint density at radius 1 is 1.06 bits per heavy atom. The van der Waals surface area contributed by atoms with Crippen molar-refractivity contribution in [1.82, 2.24) is 5.43 Å². The first-order valence-corrected chi connectivity index (χ1v) is 9.22. The number of carbonyl (C=O) groups excluding carboxylic acids is 2. The fraction of sp³-hybridized carbons (Fsp3) is 0.250. The number of alkyl halides is 3. The Balaban J connectivity index is 1.88. The lowest BCUT2D eigenvalue weighted by atomic mass is 10.2. The number of hydrogen-bond acceptors (Lipinski definition) is 5. The fourth-order valence-corrected chi connectivity index (χ4v) is 2.56. The molecule has 0 aliphatic heterocycles. The first kappa shape index (κ1) is 24.0. The van der Waals surface area contributed by atoms with Crippen LogP contribution in [0.5, 0.6) is 11.5 Å². The molecule has 0 saturated heterocycles. The predicted octanol–water partition coefficient (Wildman–Crippen LogP) is 4.25. The number of rotatable bonds is 8. The van der Waals surface area contributed by atoms with Crippen LogP contribution >= 0.6 is 11.6 Å². The number of amides is 2. The van der Waals surface area contributed by atoms with E-state index in [1.807, 2.05) is 0 Å². The molecule has 11 heteroatoms. The third kappa shape index (κ3) is 7.18. The van der Waals surface area contributed by atoms with Gasteiger partial charge in [0.15, 0.2) is 0 Å². The summed E-state index contributed by atoms with van der Waals surface area (Å²) in [6, 6.07) is 7.59. The Bertz CT molecular complexity index is 981. The lowest BCUT2D eigenvalue weighted by Gasteiger charge is -2.11. The molecule has 0 aliphatic carbocycles. The van der Waals surface area contributed by atoms with E-state index in [1.165, 1.54) is 20.4 Å². The largest absolute Gasteiger partial charge is 0.497 e. The number of methoxy groups -OCH3 is 2. The molecule has 0 spiro atoms. The van der Waals surface area contributed by atoms with Crippen molar-refractivity contribution in [3.8, 4) is 11.5 Å². The molecule has 0 aromatic heterocycles. The summed E-state index contributed by atoms with van der Waals surface area (Å²) in [5.41, 5.74) is 1.70. The molecule has 0 aliphatic rings. The Kier molecular flexibility index (Phi) is 8.26. The van der Waals surface area contributed by atoms with Crippen LogP contribution in [-0.4, -0.2) is 32.2 Å². The Hall–Kier alpha value is -3.27. The van der Waals surface area contributed by atoms with E-state index in [0.717, 1.165) is 18.2 Å². The van der Waals surface area contributed by atoms with Crippen LogP contribution in [0.25, 0.3) is 0 Å². The van der Waals surface area contributed by atoms with Gasteiger partial charge in [-0.3, -0.25) is 9.59 Å². The molecular weight excluding hydrogens is 439 g/mol. The number of nitrogens with zero attached hydrogens (tertiary/aromatic N) is 1. The maximum atomic E-state index is 12.8. The molecule has 166 valence electrons. The third-order valence-electron chi connectivity index (χ3n) is 3.98. The van der Waals surface area contributed by atoms with Crippen LogP contribution < -0.4 is 20.2 Å². The number of halogens is 4. The molecule has 2 amide bonds. The van der Waals surface area contributed by atoms with Gasteiger partial charge in [-0.15, -0.1) is 0 Å². The molecule has 2 aromatic rings. The molecule has 0 unspecified atom stereocenters. The summed E-state index contributed by atoms with van der Waals surface area (Å²) >= 11 is 5.82. The number of hydrazone groups is 1. The summed E-state index contributed by atoms with van der Waals surface area (Å²) in [6.07, 6.45) is -3.73. The van der Waals surface area contributed by atoms with Crippen molar-refractivity contribution in [3.05, 3.63) is 52.5 Å². The first-order chi connectivity index (χ1) is 14.6. The van der Waals surface area contributed by atoms with Gasteiger partial charge >= 0.3 is 6.18 Å². The van der Waals surface area contributed by atoms with Crippen molar-refractivity contribution in [2.45, 2.75) is 19.0 Å². The van der Waals surface area contributed by atoms with E-state index in [1.54, 1.807) is 18.2 Å². The van der Waals surface area contributed by atoms with Crippen molar-refractivity contribution in [3.63, 3.8) is 0 Å². The quantitative estimate of drug-likeness (QED) is 0.458. The second-order valence-electron chi connectivity index (χ2n) is 6.14. The maximum absolute atomic E-state index is 12.8. The Morgan fingerprint density at radius 2 is 1.77 bits per heavy atom. The van der Waals surface area contributed by atoms with Crippen molar-refractivity contribution < 1.29 is 32.2 Å². The number of carbonyl (C=O) groups is 2. The molecule has 0 atom stereocenters. The smallest absolute Gasteiger partial charge is 0.416 e. The van der Waals surface area contributed by atoms with E-state index in [0.29, 0.717) is 17.1 Å². The SMILES string of the molecule is COc1ccc(/C=N\NC(=O)CCC(=O)Nc2cc(C(F)(F)F)ccc2Cl)c(OC)c1. The normalized spacial score (nSPS) is 11.3. The summed E-state index contributed by atoms with van der Waals surface area (Å²) in [6.45, 7) is 0. The van der Waals surface area contributed by atoms with Crippen LogP contribution in [0.2, 0.25) is 5.02 Å². The first-order valence-electron chi connectivity index (χ1n) is 8.84. The van der Waals surface area contributed by atoms with E-state index >= 15 is 0 Å². The number of nitrogens with one attached hydrogen (secondary N) is 2. The molecule has 2 rings (SSSR count). The highest BCUT2D eigenvalue weighted by atomic mass is 35.5. The van der Waals surface area contributed by atoms with E-state index in [4.69, 9.17) is 21.1 Å². The molecular formula is C20H19ClF3N3O4. The van der Waals surface area contributed by atoms with Crippen LogP contribution in [0.1, 0.15) is 24.0 Å². The molecule has 0 radical (unpaired) electrons. The van der Waals surface area contributed by atoms with Crippen LogP contribution in [0.4, 0.5) is 18.9 Å². The number of anilines is 1. The maximum Gasteiger partial charge on any atom is 0.416 e. The summed E-state index contributed by atoms with van der Waals surface area (Å²) in [5.74, 6) is -0.161. The van der Waals surface area contributed by atoms with Gasteiger partial charge in [-0.25, -0.2) is 5.43 Å². The summed E-state index contributed by atoms with van der Waals surface area (Å²) in [7, 11) is 2.99. The zero-order valence-corrected chi connectivity index (χ0v) is 17.3. The van der Waals surface area contributed by atoms with Crippen LogP contribution in [0.3, 0.4) is 0 Å². The van der Waals surface area contributed by atoms with Gasteiger partial charge in [-0.2, -0.15) is 18.3 Å². The highest BCUT2D eigenvalue weighted by Gasteiger charge is 2.31. The number of ether oxygens (including phenoxy) is 2. The standard InChI is InChI=1S/C20H19ClF3N3O4/c1-30-14-5-3-12(17(10-14)31-2)11-25-27-19(29)8-7-18(28)26-16-9-13(20(22,23)24)4-6-15(16)21/h3-6,9-11H,7-8H2,1-2H3,(H,26,28)(H,27,29)/b25-11-. The van der Waals surface area contributed by atoms with E-state index in [9.17, 15) is 22.8 Å². The average Bonchev–Trinajstić information content (AvgIpc) is 2.73. The lowest BCUT2D eigenvalue weighted by molar-refractivity contribution is -0.137. The van der Waals surface area contributed by atoms with Crippen LogP contribution in [0.15, 0.2) is 41.5 Å². The zero-order chi connectivity index (χ0) is 23.0. The van der Waals surface area contributed by atoms with Gasteiger partial charge in [-0.1, -0.05) is 11.6 Å². The van der Waals surface area contributed by atoms with Gasteiger partial charge in [0.25, 0.3) is 0 Å². The van der Waals surface area contributed by atoms with Crippen molar-refractivity contribution >= 4 is 35.3 Å². The monoisotopic (exact) mass is 457 g/mol. The lowest BCUT2D eigenvalue weighted by Crippen LogP contribution is -2.21. The van der Waals surface area contributed by atoms with Gasteiger partial charge in [-0.05, 0) is 30.3 Å². The van der Waals surface area contributed by atoms with Gasteiger partial charge in [0.1, 0.15) is 11.5 Å². The summed E-state index contributed by atoms with van der Waals surface area (Å²) in [4.78, 5) is 23.8. The number of hydrogen-bond donors (Lipinski definition) is 2. The highest BCUT2D eigenvalue weighted by molar-refractivity contribution is 6.33. The summed E-state index contributed by atoms with van der Waals surface area (Å²) < 4.78 is 48.6. The second kappa shape index (κ2) is 10.7. The molecule has 0 heterocycles. The second-order valence-corrected chi connectivity index (χ2v) is 6.55. The molecule has 7 nitrogen and oxygen atoms in total. The van der Waals surface area contributed by atoms with Crippen molar-refractivity contribution in [2.75, 3.05) is 19.5 Å². The van der Waals surface area contributed by atoms with Crippen molar-refractivity contribution in [1.29, 1.82) is 0 Å². The van der Waals surface area contributed by atoms with Gasteiger partial charge in [0.2, 0.25) is 11.8 Å². The minimum Gasteiger partial charge on any atom is -0.497 e. The van der Waals surface area contributed by atoms with E-state index in [2.05, 4.69) is 15.8 Å². The molecule has 2 aromatic carbocycles. The molecule has 0 saturated carbocycles. The highest BCUT2D eigenvalue weighted by Crippen LogP contribution is 2.33. The van der Waals surface area contributed by atoms with Gasteiger partial charge in [0.05, 0.1) is 36.7 Å². The predicted molar refractivity (Wildman–Crippen MR) is 110 cm³/mol. The topological polar surface area (TPSA) is 89.0 Å². The van der Waals surface area contributed by atoms with E-state index < -0.39 is 23.6 Å². The van der Waals surface area contributed by atoms with Gasteiger partial charge in [0, 0.05) is 24.5 Å². The van der Waals surface area contributed by atoms with Gasteiger partial charge < -0.3 is 14.8 Å². The minimum absolute atomic E-state index is 0.0520. The molecule has 2 N–H and O–H groups in total. The van der Waals surface area contributed by atoms with Crippen LogP contribution in [0, 0.1) is 0 Å². The van der Waals surface area contributed by atoms with E-state index in [-0.39, 0.29) is 23.6 Å². The number of benzene rings is 2. The Labute approximate surface area is 181 Å². The third-order valence-corrected chi connectivity index (χ3v) is 4.31. The zero-order valence-electron chi connectivity index (χ0n) is 16.5. The van der Waals surface area contributed by atoms with Crippen LogP contribution in [-0.2, 0) is 15.8 Å². The molecule has 31 heavy (non-hydrogen) atoms. The molecule has 0 bridgehead atoms. The average molecular weight is 458 g/mol.